The Morgan fingerprint density at radius 2 is 2.24 bits per heavy atom. The summed E-state index contributed by atoms with van der Waals surface area (Å²) >= 11 is 6.44. The highest BCUT2D eigenvalue weighted by molar-refractivity contribution is 9.10. The lowest BCUT2D eigenvalue weighted by Gasteiger charge is -2.04. The molecule has 0 aliphatic carbocycles. The molecule has 0 fully saturated rings. The zero-order valence-electron chi connectivity index (χ0n) is 11.0. The highest BCUT2D eigenvalue weighted by atomic mass is 79.9. The molecule has 5 nitrogen and oxygen atoms in total. The summed E-state index contributed by atoms with van der Waals surface area (Å²) in [4.78, 5) is 17.8. The molecule has 21 heavy (non-hydrogen) atoms. The minimum atomic E-state index is -0.146. The Bertz CT molecular complexity index is 874. The molecule has 2 heterocycles. The largest absolute Gasteiger partial charge is 0.398 e. The normalized spacial score (nSPS) is 11.1. The zero-order chi connectivity index (χ0) is 15.0. The molecule has 0 amide bonds. The van der Waals surface area contributed by atoms with E-state index in [0.29, 0.717) is 16.4 Å². The van der Waals surface area contributed by atoms with E-state index in [9.17, 15) is 4.79 Å². The van der Waals surface area contributed by atoms with Gasteiger partial charge in [-0.3, -0.25) is 4.79 Å². The van der Waals surface area contributed by atoms with Gasteiger partial charge in [0, 0.05) is 26.8 Å². The van der Waals surface area contributed by atoms with Gasteiger partial charge in [0.25, 0.3) is 5.56 Å². The van der Waals surface area contributed by atoms with Crippen LogP contribution in [0.5, 0.6) is 0 Å². The minimum Gasteiger partial charge on any atom is -0.398 e. The van der Waals surface area contributed by atoms with Gasteiger partial charge < -0.3 is 5.73 Å². The van der Waals surface area contributed by atoms with Crippen molar-refractivity contribution in [3.63, 3.8) is 0 Å². The van der Waals surface area contributed by atoms with E-state index in [0.717, 1.165) is 20.1 Å². The molecule has 3 aromatic rings. The van der Waals surface area contributed by atoms with Crippen molar-refractivity contribution >= 4 is 49.7 Å². The van der Waals surface area contributed by atoms with Crippen molar-refractivity contribution in [2.75, 3.05) is 5.73 Å². The smallest absolute Gasteiger partial charge is 0.275 e. The molecule has 0 bridgehead atoms. The molecule has 108 valence electrons. The number of aromatic nitrogens is 3. The Hall–Kier alpha value is -1.38. The number of fused-ring (bicyclic) bond motifs is 1. The van der Waals surface area contributed by atoms with Gasteiger partial charge in [0.2, 0.25) is 4.96 Å². The number of nitrogen functional groups attached to an aromatic ring is 1. The predicted molar refractivity (Wildman–Crippen MR) is 90.0 cm³/mol. The molecule has 0 saturated carbocycles. The summed E-state index contributed by atoms with van der Waals surface area (Å²) in [6.07, 6.45) is 0. The van der Waals surface area contributed by atoms with Gasteiger partial charge in [-0.1, -0.05) is 27.3 Å². The zero-order valence-corrected chi connectivity index (χ0v) is 14.3. The summed E-state index contributed by atoms with van der Waals surface area (Å²) in [5.74, 6) is 0.646. The molecule has 0 spiro atoms. The van der Waals surface area contributed by atoms with Crippen molar-refractivity contribution in [2.45, 2.75) is 17.6 Å². The molecule has 2 aromatic heterocycles. The average molecular weight is 383 g/mol. The molecule has 8 heteroatoms. The van der Waals surface area contributed by atoms with Crippen LogP contribution in [0.15, 0.2) is 38.4 Å². The van der Waals surface area contributed by atoms with Crippen molar-refractivity contribution in [2.24, 2.45) is 0 Å². The van der Waals surface area contributed by atoms with Crippen LogP contribution in [-0.4, -0.2) is 14.6 Å². The predicted octanol–water partition coefficient (Wildman–Crippen LogP) is 3.10. The number of hydrogen-bond acceptors (Lipinski definition) is 6. The van der Waals surface area contributed by atoms with E-state index >= 15 is 0 Å². The van der Waals surface area contributed by atoms with E-state index in [2.05, 4.69) is 26.0 Å². The van der Waals surface area contributed by atoms with Crippen LogP contribution in [0, 0.1) is 6.92 Å². The first-order valence-electron chi connectivity index (χ1n) is 6.07. The maximum absolute atomic E-state index is 11.8. The second-order valence-corrected chi connectivity index (χ2v) is 7.37. The Kier molecular flexibility index (Phi) is 4.01. The number of hydrogen-bond donors (Lipinski definition) is 1. The van der Waals surface area contributed by atoms with Crippen molar-refractivity contribution in [3.05, 3.63) is 49.8 Å². The van der Waals surface area contributed by atoms with Crippen molar-refractivity contribution < 1.29 is 0 Å². The van der Waals surface area contributed by atoms with Crippen LogP contribution in [-0.2, 0) is 5.75 Å². The Balaban J connectivity index is 1.87. The quantitative estimate of drug-likeness (QED) is 0.556. The lowest BCUT2D eigenvalue weighted by molar-refractivity contribution is 0.870. The lowest BCUT2D eigenvalue weighted by Crippen LogP contribution is -2.14. The van der Waals surface area contributed by atoms with E-state index in [4.69, 9.17) is 5.73 Å². The topological polar surface area (TPSA) is 73.3 Å². The van der Waals surface area contributed by atoms with Crippen LogP contribution in [0.1, 0.15) is 10.7 Å². The van der Waals surface area contributed by atoms with Crippen molar-refractivity contribution in [3.8, 4) is 0 Å². The van der Waals surface area contributed by atoms with Gasteiger partial charge in [-0.05, 0) is 25.1 Å². The van der Waals surface area contributed by atoms with Crippen LogP contribution in [0.25, 0.3) is 4.96 Å². The molecule has 0 aliphatic rings. The number of rotatable bonds is 3. The molecule has 0 aliphatic heterocycles. The fourth-order valence-electron chi connectivity index (χ4n) is 1.79. The fourth-order valence-corrected chi connectivity index (χ4v) is 4.24. The number of halogens is 1. The van der Waals surface area contributed by atoms with E-state index in [1.165, 1.54) is 21.9 Å². The Morgan fingerprint density at radius 3 is 3.05 bits per heavy atom. The number of aryl methyl sites for hydroxylation is 1. The van der Waals surface area contributed by atoms with Crippen LogP contribution in [0.3, 0.4) is 0 Å². The first-order valence-corrected chi connectivity index (χ1v) is 8.66. The van der Waals surface area contributed by atoms with E-state index in [1.807, 2.05) is 18.2 Å². The summed E-state index contributed by atoms with van der Waals surface area (Å²) in [6.45, 7) is 1.80. The first-order chi connectivity index (χ1) is 10.0. The monoisotopic (exact) mass is 382 g/mol. The van der Waals surface area contributed by atoms with Crippen LogP contribution in [0.2, 0.25) is 0 Å². The molecule has 1 aromatic carbocycles. The van der Waals surface area contributed by atoms with Crippen LogP contribution >= 0.6 is 39.0 Å². The van der Waals surface area contributed by atoms with E-state index in [1.54, 1.807) is 18.7 Å². The average Bonchev–Trinajstić information content (AvgIpc) is 2.83. The van der Waals surface area contributed by atoms with Gasteiger partial charge in [-0.15, -0.1) is 11.8 Å². The van der Waals surface area contributed by atoms with Gasteiger partial charge in [0.1, 0.15) is 5.01 Å². The number of anilines is 1. The second kappa shape index (κ2) is 5.78. The Morgan fingerprint density at radius 1 is 1.43 bits per heavy atom. The maximum Gasteiger partial charge on any atom is 0.275 e. The minimum absolute atomic E-state index is 0.146. The molecule has 0 saturated heterocycles. The molecule has 3 rings (SSSR count). The number of thioether (sulfide) groups is 1. The fraction of sp³-hybridized carbons (Fsp3) is 0.154. The van der Waals surface area contributed by atoms with Crippen molar-refractivity contribution in [1.29, 1.82) is 0 Å². The van der Waals surface area contributed by atoms with Gasteiger partial charge in [-0.25, -0.2) is 4.98 Å². The third-order valence-corrected chi connectivity index (χ3v) is 5.41. The van der Waals surface area contributed by atoms with Gasteiger partial charge in [-0.2, -0.15) is 9.61 Å². The van der Waals surface area contributed by atoms with E-state index < -0.39 is 0 Å². The number of nitrogens with two attached hydrogens (primary N) is 1. The molecular formula is C13H11BrN4OS2. The number of benzene rings is 1. The third kappa shape index (κ3) is 3.12. The highest BCUT2D eigenvalue weighted by Crippen LogP contribution is 2.31. The first kappa shape index (κ1) is 14.6. The van der Waals surface area contributed by atoms with Gasteiger partial charge in [0.15, 0.2) is 0 Å². The molecule has 0 atom stereocenters. The summed E-state index contributed by atoms with van der Waals surface area (Å²) in [7, 11) is 0. The van der Waals surface area contributed by atoms with Crippen LogP contribution < -0.4 is 11.3 Å². The maximum atomic E-state index is 11.8. The molecule has 0 radical (unpaired) electrons. The van der Waals surface area contributed by atoms with Crippen molar-refractivity contribution in [1.82, 2.24) is 14.6 Å². The summed E-state index contributed by atoms with van der Waals surface area (Å²) in [5, 5.41) is 5.15. The van der Waals surface area contributed by atoms with Gasteiger partial charge >= 0.3 is 0 Å². The molecule has 2 N–H and O–H groups in total. The standard InChI is InChI=1S/C13H11BrN4OS2/c1-7-4-12(19)18-13(16-7)21-11(17-18)6-20-10-5-8(14)2-3-9(10)15/h2-5H,6,15H2,1H3. The Labute approximate surface area is 137 Å². The summed E-state index contributed by atoms with van der Waals surface area (Å²) in [5.41, 5.74) is 7.24. The third-order valence-electron chi connectivity index (χ3n) is 2.74. The highest BCUT2D eigenvalue weighted by Gasteiger charge is 2.09. The number of nitrogens with zero attached hydrogens (tertiary/aromatic N) is 3. The van der Waals surface area contributed by atoms with E-state index in [-0.39, 0.29) is 5.56 Å². The summed E-state index contributed by atoms with van der Waals surface area (Å²) in [6, 6.07) is 7.22. The van der Waals surface area contributed by atoms with Crippen LogP contribution in [0.4, 0.5) is 5.69 Å². The molecular weight excluding hydrogens is 372 g/mol. The summed E-state index contributed by atoms with van der Waals surface area (Å²) < 4.78 is 2.33. The SMILES string of the molecule is Cc1cc(=O)n2nc(CSc3cc(Br)ccc3N)sc2n1. The molecule has 0 unspecified atom stereocenters. The lowest BCUT2D eigenvalue weighted by atomic mass is 10.3. The van der Waals surface area contributed by atoms with Gasteiger partial charge in [0.05, 0.1) is 5.75 Å². The second-order valence-electron chi connectivity index (χ2n) is 4.40.